The molecule has 1 aliphatic heterocycles. The van der Waals surface area contributed by atoms with E-state index in [2.05, 4.69) is 5.32 Å². The summed E-state index contributed by atoms with van der Waals surface area (Å²) in [5.74, 6) is 0.878. The van der Waals surface area contributed by atoms with Crippen LogP contribution in [0.1, 0.15) is 12.8 Å². The van der Waals surface area contributed by atoms with E-state index in [1.54, 1.807) is 12.0 Å². The lowest BCUT2D eigenvalue weighted by Crippen LogP contribution is -2.43. The van der Waals surface area contributed by atoms with Crippen molar-refractivity contribution in [3.8, 4) is 5.75 Å². The van der Waals surface area contributed by atoms with Gasteiger partial charge in [-0.15, -0.1) is 0 Å². The number of hydrogen-bond donors (Lipinski definition) is 2. The number of nitrogens with two attached hydrogens (primary N) is 1. The van der Waals surface area contributed by atoms with Gasteiger partial charge < -0.3 is 20.7 Å². The molecule has 0 saturated carbocycles. The molecule has 0 bridgehead atoms. The Labute approximate surface area is 107 Å². The smallest absolute Gasteiger partial charge is 0.222 e. The van der Waals surface area contributed by atoms with Crippen LogP contribution in [0.15, 0.2) is 18.2 Å². The summed E-state index contributed by atoms with van der Waals surface area (Å²) < 4.78 is 5.18. The van der Waals surface area contributed by atoms with Gasteiger partial charge in [-0.05, 0) is 18.6 Å². The molecule has 1 fully saturated rings. The van der Waals surface area contributed by atoms with Gasteiger partial charge in [0, 0.05) is 37.8 Å². The largest absolute Gasteiger partial charge is 0.495 e. The van der Waals surface area contributed by atoms with Crippen molar-refractivity contribution in [2.45, 2.75) is 18.9 Å². The van der Waals surface area contributed by atoms with E-state index in [9.17, 15) is 4.79 Å². The fourth-order valence-electron chi connectivity index (χ4n) is 2.17. The Bertz CT molecular complexity index is 448. The first-order valence-corrected chi connectivity index (χ1v) is 6.04. The summed E-state index contributed by atoms with van der Waals surface area (Å²) in [5.41, 5.74) is 7.36. The van der Waals surface area contributed by atoms with Crippen LogP contribution in [0.4, 0.5) is 11.4 Å². The predicted molar refractivity (Wildman–Crippen MR) is 71.7 cm³/mol. The van der Waals surface area contributed by atoms with Gasteiger partial charge in [-0.25, -0.2) is 0 Å². The van der Waals surface area contributed by atoms with Crippen LogP contribution < -0.4 is 15.8 Å². The van der Waals surface area contributed by atoms with Crippen LogP contribution in [0.2, 0.25) is 0 Å². The number of ether oxygens (including phenoxy) is 1. The zero-order valence-electron chi connectivity index (χ0n) is 10.8. The van der Waals surface area contributed by atoms with E-state index in [-0.39, 0.29) is 11.9 Å². The van der Waals surface area contributed by atoms with Gasteiger partial charge in [0.15, 0.2) is 0 Å². The number of hydrogen-bond acceptors (Lipinski definition) is 4. The molecule has 2 rings (SSSR count). The Balaban J connectivity index is 2.03. The first-order valence-electron chi connectivity index (χ1n) is 6.04. The maximum Gasteiger partial charge on any atom is 0.222 e. The molecule has 0 aromatic heterocycles. The maximum absolute atomic E-state index is 11.4. The quantitative estimate of drug-likeness (QED) is 0.793. The van der Waals surface area contributed by atoms with Crippen molar-refractivity contribution in [3.05, 3.63) is 18.2 Å². The fourth-order valence-corrected chi connectivity index (χ4v) is 2.17. The van der Waals surface area contributed by atoms with Crippen molar-refractivity contribution >= 4 is 17.3 Å². The second-order valence-electron chi connectivity index (χ2n) is 4.61. The summed E-state index contributed by atoms with van der Waals surface area (Å²) >= 11 is 0. The van der Waals surface area contributed by atoms with Crippen LogP contribution in [0, 0.1) is 0 Å². The minimum absolute atomic E-state index is 0.211. The maximum atomic E-state index is 11.4. The number of piperidine rings is 1. The number of nitrogens with zero attached hydrogens (tertiary/aromatic N) is 1. The molecule has 0 spiro atoms. The third-order valence-corrected chi connectivity index (χ3v) is 3.23. The standard InChI is InChI=1S/C13H19N3O2/c1-16-8-10(4-6-13(16)17)15-9-3-5-11(14)12(7-9)18-2/h3,5,7,10,15H,4,6,8,14H2,1-2H3. The fraction of sp³-hybridized carbons (Fsp3) is 0.462. The van der Waals surface area contributed by atoms with Gasteiger partial charge in [0.05, 0.1) is 12.8 Å². The minimum Gasteiger partial charge on any atom is -0.495 e. The molecule has 1 aromatic rings. The SMILES string of the molecule is COc1cc(NC2CCC(=O)N(C)C2)ccc1N. The number of carbonyl (C=O) groups is 1. The average molecular weight is 249 g/mol. The van der Waals surface area contributed by atoms with E-state index in [1.165, 1.54) is 0 Å². The Kier molecular flexibility index (Phi) is 3.60. The van der Waals surface area contributed by atoms with Crippen molar-refractivity contribution in [1.29, 1.82) is 0 Å². The first kappa shape index (κ1) is 12.5. The third kappa shape index (κ3) is 2.67. The Morgan fingerprint density at radius 1 is 1.50 bits per heavy atom. The lowest BCUT2D eigenvalue weighted by molar-refractivity contribution is -0.132. The summed E-state index contributed by atoms with van der Waals surface area (Å²) in [6.07, 6.45) is 1.45. The highest BCUT2D eigenvalue weighted by Gasteiger charge is 2.22. The molecule has 1 atom stereocenters. The summed E-state index contributed by atoms with van der Waals surface area (Å²) in [4.78, 5) is 13.2. The van der Waals surface area contributed by atoms with E-state index < -0.39 is 0 Å². The predicted octanol–water partition coefficient (Wildman–Crippen LogP) is 1.31. The van der Waals surface area contributed by atoms with Gasteiger partial charge in [0.25, 0.3) is 0 Å². The minimum atomic E-state index is 0.211. The molecule has 0 aliphatic carbocycles. The second-order valence-corrected chi connectivity index (χ2v) is 4.61. The van der Waals surface area contributed by atoms with Crippen molar-refractivity contribution in [1.82, 2.24) is 4.90 Å². The lowest BCUT2D eigenvalue weighted by atomic mass is 10.1. The normalized spacial score (nSPS) is 19.8. The zero-order chi connectivity index (χ0) is 13.1. The van der Waals surface area contributed by atoms with Crippen molar-refractivity contribution in [2.24, 2.45) is 0 Å². The van der Waals surface area contributed by atoms with Crippen LogP contribution in [0.5, 0.6) is 5.75 Å². The number of benzene rings is 1. The number of methoxy groups -OCH3 is 1. The molecule has 5 nitrogen and oxygen atoms in total. The number of nitrogen functional groups attached to an aromatic ring is 1. The molecule has 1 unspecified atom stereocenters. The lowest BCUT2D eigenvalue weighted by Gasteiger charge is -2.30. The highest BCUT2D eigenvalue weighted by molar-refractivity contribution is 5.77. The van der Waals surface area contributed by atoms with E-state index in [0.29, 0.717) is 17.9 Å². The molecule has 1 aromatic carbocycles. The number of nitrogens with one attached hydrogen (secondary N) is 1. The number of anilines is 2. The monoisotopic (exact) mass is 249 g/mol. The molecule has 1 saturated heterocycles. The molecular weight excluding hydrogens is 230 g/mol. The van der Waals surface area contributed by atoms with E-state index in [0.717, 1.165) is 18.7 Å². The Morgan fingerprint density at radius 3 is 2.94 bits per heavy atom. The molecule has 98 valence electrons. The Morgan fingerprint density at radius 2 is 2.28 bits per heavy atom. The van der Waals surface area contributed by atoms with Gasteiger partial charge in [0.1, 0.15) is 5.75 Å². The van der Waals surface area contributed by atoms with Crippen LogP contribution >= 0.6 is 0 Å². The molecule has 3 N–H and O–H groups in total. The van der Waals surface area contributed by atoms with Crippen molar-refractivity contribution < 1.29 is 9.53 Å². The zero-order valence-corrected chi connectivity index (χ0v) is 10.8. The topological polar surface area (TPSA) is 67.6 Å². The van der Waals surface area contributed by atoms with Crippen LogP contribution in [-0.2, 0) is 4.79 Å². The van der Waals surface area contributed by atoms with Gasteiger partial charge in [0.2, 0.25) is 5.91 Å². The molecular formula is C13H19N3O2. The van der Waals surface area contributed by atoms with Gasteiger partial charge in [-0.1, -0.05) is 0 Å². The third-order valence-electron chi connectivity index (χ3n) is 3.23. The van der Waals surface area contributed by atoms with E-state index >= 15 is 0 Å². The number of likely N-dealkylation sites (N-methyl/N-ethyl adjacent to an activating group) is 1. The molecule has 18 heavy (non-hydrogen) atoms. The van der Waals surface area contributed by atoms with Gasteiger partial charge in [-0.2, -0.15) is 0 Å². The highest BCUT2D eigenvalue weighted by atomic mass is 16.5. The summed E-state index contributed by atoms with van der Waals surface area (Å²) in [5, 5.41) is 3.40. The first-order chi connectivity index (χ1) is 8.60. The van der Waals surface area contributed by atoms with Gasteiger partial charge in [-0.3, -0.25) is 4.79 Å². The highest BCUT2D eigenvalue weighted by Crippen LogP contribution is 2.26. The van der Waals surface area contributed by atoms with Crippen molar-refractivity contribution in [3.63, 3.8) is 0 Å². The van der Waals surface area contributed by atoms with Crippen LogP contribution in [0.25, 0.3) is 0 Å². The molecule has 1 heterocycles. The van der Waals surface area contributed by atoms with E-state index in [4.69, 9.17) is 10.5 Å². The van der Waals surface area contributed by atoms with Gasteiger partial charge >= 0.3 is 0 Å². The molecule has 1 aliphatic rings. The summed E-state index contributed by atoms with van der Waals surface area (Å²) in [6, 6.07) is 5.90. The molecule has 1 amide bonds. The Hall–Kier alpha value is -1.91. The van der Waals surface area contributed by atoms with E-state index in [1.807, 2.05) is 25.2 Å². The number of amides is 1. The van der Waals surface area contributed by atoms with Crippen LogP contribution in [0.3, 0.4) is 0 Å². The average Bonchev–Trinajstić information content (AvgIpc) is 2.36. The van der Waals surface area contributed by atoms with Crippen LogP contribution in [-0.4, -0.2) is 37.6 Å². The number of likely N-dealkylation sites (tertiary alicyclic amines) is 1. The summed E-state index contributed by atoms with van der Waals surface area (Å²) in [7, 11) is 3.43. The number of rotatable bonds is 3. The summed E-state index contributed by atoms with van der Waals surface area (Å²) in [6.45, 7) is 0.728. The molecule has 0 radical (unpaired) electrons. The van der Waals surface area contributed by atoms with Crippen molar-refractivity contribution in [2.75, 3.05) is 31.8 Å². The second kappa shape index (κ2) is 5.16. The number of carbonyl (C=O) groups excluding carboxylic acids is 1. The molecule has 5 heteroatoms.